The van der Waals surface area contributed by atoms with Crippen molar-refractivity contribution in [2.45, 2.75) is 6.54 Å². The number of aryl methyl sites for hydroxylation is 1. The van der Waals surface area contributed by atoms with Crippen molar-refractivity contribution in [3.63, 3.8) is 0 Å². The van der Waals surface area contributed by atoms with E-state index in [1.807, 2.05) is 0 Å². The van der Waals surface area contributed by atoms with Crippen LogP contribution in [0, 0.1) is 0 Å². The Labute approximate surface area is 92.9 Å². The van der Waals surface area contributed by atoms with Crippen molar-refractivity contribution in [3.05, 3.63) is 35.9 Å². The molecule has 0 saturated carbocycles. The maximum Gasteiger partial charge on any atom is 0.257 e. The second-order valence-electron chi connectivity index (χ2n) is 3.67. The minimum atomic E-state index is -0.0469. The number of H-pyrrole nitrogens is 1. The van der Waals surface area contributed by atoms with Crippen molar-refractivity contribution in [1.29, 1.82) is 0 Å². The van der Waals surface area contributed by atoms with E-state index in [0.29, 0.717) is 12.1 Å². The lowest BCUT2D eigenvalue weighted by Crippen LogP contribution is -2.25. The number of aromatic nitrogens is 4. The van der Waals surface area contributed by atoms with Crippen molar-refractivity contribution in [3.8, 4) is 0 Å². The van der Waals surface area contributed by atoms with Crippen LogP contribution in [-0.2, 0) is 13.6 Å². The van der Waals surface area contributed by atoms with E-state index in [1.54, 1.807) is 48.5 Å². The zero-order chi connectivity index (χ0) is 11.5. The first-order valence-electron chi connectivity index (χ1n) is 4.88. The predicted octanol–water partition coefficient (Wildman–Crippen LogP) is 0.415. The van der Waals surface area contributed by atoms with Gasteiger partial charge in [-0.1, -0.05) is 0 Å². The Hall–Kier alpha value is -2.11. The third-order valence-corrected chi connectivity index (χ3v) is 2.27. The fraction of sp³-hybridized carbons (Fsp3) is 0.300. The molecule has 6 heteroatoms. The number of carbonyl (C=O) groups is 1. The molecular formula is C10H13N5O. The van der Waals surface area contributed by atoms with Gasteiger partial charge in [0.25, 0.3) is 5.91 Å². The van der Waals surface area contributed by atoms with Gasteiger partial charge in [-0.15, -0.1) is 0 Å². The zero-order valence-corrected chi connectivity index (χ0v) is 9.21. The van der Waals surface area contributed by atoms with Gasteiger partial charge in [-0.25, -0.2) is 0 Å². The minimum absolute atomic E-state index is 0.0469. The predicted molar refractivity (Wildman–Crippen MR) is 57.6 cm³/mol. The topological polar surface area (TPSA) is 66.8 Å². The lowest BCUT2D eigenvalue weighted by molar-refractivity contribution is 0.0785. The van der Waals surface area contributed by atoms with Gasteiger partial charge in [0.05, 0.1) is 18.0 Å². The molecule has 0 radical (unpaired) electrons. The van der Waals surface area contributed by atoms with Gasteiger partial charge in [-0.05, 0) is 0 Å². The normalized spacial score (nSPS) is 10.4. The molecule has 6 nitrogen and oxygen atoms in total. The van der Waals surface area contributed by atoms with E-state index in [4.69, 9.17) is 0 Å². The first-order valence-corrected chi connectivity index (χ1v) is 4.88. The first-order chi connectivity index (χ1) is 7.66. The Kier molecular flexibility index (Phi) is 2.72. The summed E-state index contributed by atoms with van der Waals surface area (Å²) in [6.07, 6.45) is 6.74. The lowest BCUT2D eigenvalue weighted by Gasteiger charge is -2.14. The minimum Gasteiger partial charge on any atom is -0.337 e. The van der Waals surface area contributed by atoms with E-state index < -0.39 is 0 Å². The number of amides is 1. The highest BCUT2D eigenvalue weighted by molar-refractivity contribution is 5.93. The fourth-order valence-corrected chi connectivity index (χ4v) is 1.46. The van der Waals surface area contributed by atoms with Crippen LogP contribution >= 0.6 is 0 Å². The molecule has 0 aromatic carbocycles. The number of hydrogen-bond acceptors (Lipinski definition) is 3. The third-order valence-electron chi connectivity index (χ3n) is 2.27. The lowest BCUT2D eigenvalue weighted by atomic mass is 10.3. The summed E-state index contributed by atoms with van der Waals surface area (Å²) in [5.41, 5.74) is 1.56. The molecule has 0 spiro atoms. The van der Waals surface area contributed by atoms with Crippen molar-refractivity contribution < 1.29 is 4.79 Å². The van der Waals surface area contributed by atoms with Crippen molar-refractivity contribution >= 4 is 5.91 Å². The SMILES string of the molecule is CN(Cc1cn[nH]c1)C(=O)c1cnn(C)c1. The monoisotopic (exact) mass is 219 g/mol. The van der Waals surface area contributed by atoms with Crippen LogP contribution in [0.1, 0.15) is 15.9 Å². The van der Waals surface area contributed by atoms with Gasteiger partial charge >= 0.3 is 0 Å². The molecule has 84 valence electrons. The van der Waals surface area contributed by atoms with Crippen LogP contribution in [0.4, 0.5) is 0 Å². The summed E-state index contributed by atoms with van der Waals surface area (Å²) in [4.78, 5) is 13.6. The van der Waals surface area contributed by atoms with Crippen LogP contribution in [0.15, 0.2) is 24.8 Å². The standard InChI is InChI=1S/C10H13N5O/c1-14(6-8-3-11-12-4-8)10(16)9-5-13-15(2)7-9/h3-5,7H,6H2,1-2H3,(H,11,12). The highest BCUT2D eigenvalue weighted by Crippen LogP contribution is 2.05. The smallest absolute Gasteiger partial charge is 0.257 e. The molecule has 1 N–H and O–H groups in total. The maximum atomic E-state index is 11.9. The molecule has 2 rings (SSSR count). The highest BCUT2D eigenvalue weighted by atomic mass is 16.2. The summed E-state index contributed by atoms with van der Waals surface area (Å²) in [5, 5.41) is 10.5. The number of nitrogens with one attached hydrogen (secondary N) is 1. The van der Waals surface area contributed by atoms with Gasteiger partial charge in [-0.3, -0.25) is 14.6 Å². The maximum absolute atomic E-state index is 11.9. The van der Waals surface area contributed by atoms with E-state index >= 15 is 0 Å². The molecule has 2 aromatic rings. The molecule has 0 bridgehead atoms. The van der Waals surface area contributed by atoms with Crippen LogP contribution < -0.4 is 0 Å². The largest absolute Gasteiger partial charge is 0.337 e. The van der Waals surface area contributed by atoms with Gasteiger partial charge in [0.2, 0.25) is 0 Å². The Bertz CT molecular complexity index is 473. The molecule has 16 heavy (non-hydrogen) atoms. The Morgan fingerprint density at radius 2 is 2.38 bits per heavy atom. The second-order valence-corrected chi connectivity index (χ2v) is 3.67. The van der Waals surface area contributed by atoms with E-state index in [1.165, 1.54) is 0 Å². The zero-order valence-electron chi connectivity index (χ0n) is 9.21. The number of nitrogens with zero attached hydrogens (tertiary/aromatic N) is 4. The van der Waals surface area contributed by atoms with Crippen LogP contribution in [0.2, 0.25) is 0 Å². The molecule has 0 aliphatic carbocycles. The number of hydrogen-bond donors (Lipinski definition) is 1. The Balaban J connectivity index is 2.05. The van der Waals surface area contributed by atoms with Crippen LogP contribution in [0.3, 0.4) is 0 Å². The van der Waals surface area contributed by atoms with Crippen LogP contribution in [-0.4, -0.2) is 37.8 Å². The summed E-state index contributed by atoms with van der Waals surface area (Å²) in [6, 6.07) is 0. The summed E-state index contributed by atoms with van der Waals surface area (Å²) in [6.45, 7) is 0.532. The molecule has 0 atom stereocenters. The van der Waals surface area contributed by atoms with Gasteiger partial charge in [0.15, 0.2) is 0 Å². The molecule has 0 unspecified atom stereocenters. The van der Waals surface area contributed by atoms with Gasteiger partial charge < -0.3 is 4.90 Å². The first kappa shape index (κ1) is 10.4. The quantitative estimate of drug-likeness (QED) is 0.813. The fourth-order valence-electron chi connectivity index (χ4n) is 1.46. The summed E-state index contributed by atoms with van der Waals surface area (Å²) < 4.78 is 1.61. The van der Waals surface area contributed by atoms with E-state index in [-0.39, 0.29) is 5.91 Å². The molecule has 0 aliphatic rings. The second kappa shape index (κ2) is 4.18. The van der Waals surface area contributed by atoms with Crippen molar-refractivity contribution in [2.75, 3.05) is 7.05 Å². The summed E-state index contributed by atoms with van der Waals surface area (Å²) in [5.74, 6) is -0.0469. The average molecular weight is 219 g/mol. The summed E-state index contributed by atoms with van der Waals surface area (Å²) >= 11 is 0. The van der Waals surface area contributed by atoms with Crippen molar-refractivity contribution in [1.82, 2.24) is 24.9 Å². The van der Waals surface area contributed by atoms with Gasteiger partial charge in [-0.2, -0.15) is 10.2 Å². The van der Waals surface area contributed by atoms with Gasteiger partial charge in [0.1, 0.15) is 0 Å². The van der Waals surface area contributed by atoms with E-state index in [2.05, 4.69) is 15.3 Å². The highest BCUT2D eigenvalue weighted by Gasteiger charge is 2.13. The number of rotatable bonds is 3. The molecule has 2 heterocycles. The molecule has 0 fully saturated rings. The van der Waals surface area contributed by atoms with Crippen molar-refractivity contribution in [2.24, 2.45) is 7.05 Å². The molecule has 0 saturated heterocycles. The number of carbonyl (C=O) groups excluding carboxylic acids is 1. The van der Waals surface area contributed by atoms with E-state index in [0.717, 1.165) is 5.56 Å². The van der Waals surface area contributed by atoms with Gasteiger partial charge in [0, 0.05) is 38.6 Å². The van der Waals surface area contributed by atoms with Crippen LogP contribution in [0.25, 0.3) is 0 Å². The van der Waals surface area contributed by atoms with Crippen LogP contribution in [0.5, 0.6) is 0 Å². The Morgan fingerprint density at radius 1 is 1.56 bits per heavy atom. The number of aromatic amines is 1. The third kappa shape index (κ3) is 2.10. The molecule has 2 aromatic heterocycles. The molecular weight excluding hydrogens is 206 g/mol. The summed E-state index contributed by atoms with van der Waals surface area (Å²) in [7, 11) is 3.54. The molecule has 0 aliphatic heterocycles. The Morgan fingerprint density at radius 3 is 2.94 bits per heavy atom. The van der Waals surface area contributed by atoms with E-state index in [9.17, 15) is 4.79 Å². The average Bonchev–Trinajstić information content (AvgIpc) is 2.88. The molecule has 1 amide bonds.